The van der Waals surface area contributed by atoms with Crippen LogP contribution in [0, 0.1) is 17.8 Å². The molecule has 1 aromatic heterocycles. The van der Waals surface area contributed by atoms with E-state index in [4.69, 9.17) is 5.73 Å². The van der Waals surface area contributed by atoms with Crippen molar-refractivity contribution in [1.82, 2.24) is 4.98 Å². The summed E-state index contributed by atoms with van der Waals surface area (Å²) >= 11 is 0. The van der Waals surface area contributed by atoms with Crippen molar-refractivity contribution < 1.29 is 9.18 Å². The highest BCUT2D eigenvalue weighted by atomic mass is 19.1. The third-order valence-corrected chi connectivity index (χ3v) is 1.55. The van der Waals surface area contributed by atoms with E-state index in [9.17, 15) is 9.18 Å². The normalized spacial score (nSPS) is 9.00. The van der Waals surface area contributed by atoms with Crippen molar-refractivity contribution in [3.63, 3.8) is 0 Å². The lowest BCUT2D eigenvalue weighted by Crippen LogP contribution is -1.97. The van der Waals surface area contributed by atoms with E-state index >= 15 is 0 Å². The highest BCUT2D eigenvalue weighted by Crippen LogP contribution is 2.06. The van der Waals surface area contributed by atoms with Gasteiger partial charge in [-0.25, -0.2) is 4.98 Å². The summed E-state index contributed by atoms with van der Waals surface area (Å²) in [6, 6.07) is 1.50. The Bertz CT molecular complexity index is 393. The van der Waals surface area contributed by atoms with Crippen molar-refractivity contribution in [3.8, 4) is 11.8 Å². The third-order valence-electron chi connectivity index (χ3n) is 1.55. The number of carbonyl (C=O) groups is 1. The van der Waals surface area contributed by atoms with Crippen molar-refractivity contribution in [2.75, 3.05) is 6.54 Å². The molecule has 1 aromatic rings. The van der Waals surface area contributed by atoms with E-state index < -0.39 is 5.95 Å². The third kappa shape index (κ3) is 2.38. The largest absolute Gasteiger partial charge is 0.330 e. The summed E-state index contributed by atoms with van der Waals surface area (Å²) in [7, 11) is 0. The highest BCUT2D eigenvalue weighted by Gasteiger charge is 2.05. The zero-order valence-corrected chi connectivity index (χ0v) is 7.46. The van der Waals surface area contributed by atoms with Gasteiger partial charge in [0, 0.05) is 24.7 Å². The molecule has 72 valence electrons. The molecule has 14 heavy (non-hydrogen) atoms. The second-order valence-electron chi connectivity index (χ2n) is 2.52. The number of aromatic nitrogens is 1. The molecule has 1 rings (SSSR count). The molecule has 0 aliphatic heterocycles. The topological polar surface area (TPSA) is 56.0 Å². The Kier molecular flexibility index (Phi) is 3.77. The van der Waals surface area contributed by atoms with Crippen LogP contribution in [-0.4, -0.2) is 17.8 Å². The minimum atomic E-state index is -0.792. The number of nitrogens with zero attached hydrogens (tertiary/aromatic N) is 1. The first-order chi connectivity index (χ1) is 6.79. The van der Waals surface area contributed by atoms with Crippen LogP contribution in [0.2, 0.25) is 0 Å². The number of nitrogens with two attached hydrogens (primary N) is 1. The number of halogens is 1. The van der Waals surface area contributed by atoms with Crippen LogP contribution in [0.25, 0.3) is 0 Å². The summed E-state index contributed by atoms with van der Waals surface area (Å²) in [4.78, 5) is 13.9. The Morgan fingerprint density at radius 2 is 2.43 bits per heavy atom. The standard InChI is InChI=1S/C10H9FN2O/c11-10-9(7-14)8(4-6-13-10)3-1-2-5-12/h4,6-7H,2,5,12H2. The molecule has 4 heteroatoms. The van der Waals surface area contributed by atoms with Gasteiger partial charge in [-0.3, -0.25) is 4.79 Å². The monoisotopic (exact) mass is 192 g/mol. The van der Waals surface area contributed by atoms with Gasteiger partial charge in [-0.1, -0.05) is 11.8 Å². The van der Waals surface area contributed by atoms with Crippen molar-refractivity contribution in [2.24, 2.45) is 5.73 Å². The molecule has 0 fully saturated rings. The van der Waals surface area contributed by atoms with Crippen LogP contribution in [-0.2, 0) is 0 Å². The van der Waals surface area contributed by atoms with Gasteiger partial charge in [-0.05, 0) is 6.07 Å². The van der Waals surface area contributed by atoms with Gasteiger partial charge in [-0.15, -0.1) is 0 Å². The fourth-order valence-electron chi connectivity index (χ4n) is 0.899. The van der Waals surface area contributed by atoms with E-state index in [1.165, 1.54) is 12.3 Å². The molecule has 0 aliphatic carbocycles. The predicted molar refractivity (Wildman–Crippen MR) is 50.1 cm³/mol. The molecule has 0 saturated heterocycles. The first-order valence-corrected chi connectivity index (χ1v) is 4.08. The zero-order chi connectivity index (χ0) is 10.4. The van der Waals surface area contributed by atoms with E-state index in [0.717, 1.165) is 0 Å². The molecule has 0 radical (unpaired) electrons. The molecule has 0 aromatic carbocycles. The summed E-state index contributed by atoms with van der Waals surface area (Å²) in [5, 5.41) is 0. The molecule has 1 heterocycles. The average Bonchev–Trinajstić information content (AvgIpc) is 2.18. The van der Waals surface area contributed by atoms with Crippen molar-refractivity contribution in [2.45, 2.75) is 6.42 Å². The summed E-state index contributed by atoms with van der Waals surface area (Å²) < 4.78 is 12.9. The fraction of sp³-hybridized carbons (Fsp3) is 0.200. The number of aldehydes is 1. The Labute approximate surface area is 81.1 Å². The molecule has 0 aliphatic rings. The summed E-state index contributed by atoms with van der Waals surface area (Å²) in [5.74, 6) is 4.60. The van der Waals surface area contributed by atoms with Crippen molar-refractivity contribution in [1.29, 1.82) is 0 Å². The molecule has 0 spiro atoms. The van der Waals surface area contributed by atoms with Gasteiger partial charge in [0.15, 0.2) is 6.29 Å². The van der Waals surface area contributed by atoms with Gasteiger partial charge in [-0.2, -0.15) is 4.39 Å². The van der Waals surface area contributed by atoms with Gasteiger partial charge >= 0.3 is 0 Å². The zero-order valence-electron chi connectivity index (χ0n) is 7.46. The van der Waals surface area contributed by atoms with Gasteiger partial charge in [0.1, 0.15) is 0 Å². The van der Waals surface area contributed by atoms with E-state index in [0.29, 0.717) is 24.8 Å². The SMILES string of the molecule is NCCC#Cc1ccnc(F)c1C=O. The Balaban J connectivity index is 3.04. The number of carbonyl (C=O) groups excluding carboxylic acids is 1. The van der Waals surface area contributed by atoms with Crippen LogP contribution in [0.1, 0.15) is 22.3 Å². The molecule has 0 atom stereocenters. The van der Waals surface area contributed by atoms with Gasteiger partial charge in [0.25, 0.3) is 0 Å². The number of hydrogen-bond acceptors (Lipinski definition) is 3. The van der Waals surface area contributed by atoms with E-state index in [2.05, 4.69) is 16.8 Å². The smallest absolute Gasteiger partial charge is 0.224 e. The molecule has 0 amide bonds. The minimum Gasteiger partial charge on any atom is -0.330 e. The van der Waals surface area contributed by atoms with E-state index in [1.807, 2.05) is 0 Å². The van der Waals surface area contributed by atoms with Crippen LogP contribution in [0.5, 0.6) is 0 Å². The quantitative estimate of drug-likeness (QED) is 0.427. The van der Waals surface area contributed by atoms with Crippen molar-refractivity contribution >= 4 is 6.29 Å². The molecule has 0 saturated carbocycles. The molecular formula is C10H9FN2O. The van der Waals surface area contributed by atoms with E-state index in [-0.39, 0.29) is 5.56 Å². The van der Waals surface area contributed by atoms with Crippen LogP contribution in [0.15, 0.2) is 12.3 Å². The second kappa shape index (κ2) is 5.10. The maximum Gasteiger partial charge on any atom is 0.224 e. The van der Waals surface area contributed by atoms with Crippen LogP contribution < -0.4 is 5.73 Å². The first kappa shape index (κ1) is 10.4. The lowest BCUT2D eigenvalue weighted by atomic mass is 10.1. The molecular weight excluding hydrogens is 183 g/mol. The molecule has 0 unspecified atom stereocenters. The summed E-state index contributed by atoms with van der Waals surface area (Å²) in [5.41, 5.74) is 5.48. The van der Waals surface area contributed by atoms with Crippen molar-refractivity contribution in [3.05, 3.63) is 29.3 Å². The Hall–Kier alpha value is -1.73. The molecule has 2 N–H and O–H groups in total. The van der Waals surface area contributed by atoms with E-state index in [1.54, 1.807) is 0 Å². The summed E-state index contributed by atoms with van der Waals surface area (Å²) in [6.45, 7) is 0.441. The highest BCUT2D eigenvalue weighted by molar-refractivity contribution is 5.79. The first-order valence-electron chi connectivity index (χ1n) is 4.08. The lowest BCUT2D eigenvalue weighted by Gasteiger charge is -1.95. The number of pyridine rings is 1. The maximum absolute atomic E-state index is 12.9. The maximum atomic E-state index is 12.9. The minimum absolute atomic E-state index is 0.1000. The summed E-state index contributed by atoms with van der Waals surface area (Å²) in [6.07, 6.45) is 2.20. The Morgan fingerprint density at radius 1 is 1.64 bits per heavy atom. The second-order valence-corrected chi connectivity index (χ2v) is 2.52. The van der Waals surface area contributed by atoms with Crippen LogP contribution >= 0.6 is 0 Å². The fourth-order valence-corrected chi connectivity index (χ4v) is 0.899. The Morgan fingerprint density at radius 3 is 3.07 bits per heavy atom. The van der Waals surface area contributed by atoms with Gasteiger partial charge in [0.05, 0.1) is 5.56 Å². The molecule has 3 nitrogen and oxygen atoms in total. The molecule has 0 bridgehead atoms. The van der Waals surface area contributed by atoms with Gasteiger partial charge < -0.3 is 5.73 Å². The number of hydrogen-bond donors (Lipinski definition) is 1. The number of rotatable bonds is 2. The predicted octanol–water partition coefficient (Wildman–Crippen LogP) is 0.734. The van der Waals surface area contributed by atoms with Crippen LogP contribution in [0.3, 0.4) is 0 Å². The average molecular weight is 192 g/mol. The lowest BCUT2D eigenvalue weighted by molar-refractivity contribution is 0.111. The van der Waals surface area contributed by atoms with Gasteiger partial charge in [0.2, 0.25) is 5.95 Å². The van der Waals surface area contributed by atoms with Crippen LogP contribution in [0.4, 0.5) is 4.39 Å².